The zero-order chi connectivity index (χ0) is 13.0. The van der Waals surface area contributed by atoms with Crippen molar-refractivity contribution < 1.29 is 4.42 Å². The molecule has 2 aromatic heterocycles. The number of thiophene rings is 1. The highest BCUT2D eigenvalue weighted by molar-refractivity contribution is 7.09. The first kappa shape index (κ1) is 13.0. The van der Waals surface area contributed by atoms with Crippen LogP contribution in [0.2, 0.25) is 0 Å². The molecule has 2 aromatic rings. The van der Waals surface area contributed by atoms with Gasteiger partial charge in [0.15, 0.2) is 0 Å². The molecule has 6 heteroatoms. The van der Waals surface area contributed by atoms with Crippen molar-refractivity contribution in [3.63, 3.8) is 0 Å². The van der Waals surface area contributed by atoms with Crippen LogP contribution in [0.25, 0.3) is 0 Å². The average Bonchev–Trinajstić information content (AvgIpc) is 3.05. The molecule has 1 N–H and O–H groups in total. The van der Waals surface area contributed by atoms with Crippen LogP contribution in [0.15, 0.2) is 21.9 Å². The third-order valence-electron chi connectivity index (χ3n) is 2.83. The van der Waals surface area contributed by atoms with Gasteiger partial charge in [0.25, 0.3) is 0 Å². The molecule has 0 aliphatic rings. The van der Waals surface area contributed by atoms with Gasteiger partial charge in [-0.15, -0.1) is 16.4 Å². The van der Waals surface area contributed by atoms with E-state index in [4.69, 9.17) is 4.42 Å². The summed E-state index contributed by atoms with van der Waals surface area (Å²) >= 11 is 1.77. The fraction of sp³-hybridized carbons (Fsp3) is 0.500. The van der Waals surface area contributed by atoms with Gasteiger partial charge in [0.05, 0.1) is 6.04 Å². The van der Waals surface area contributed by atoms with Gasteiger partial charge in [0.1, 0.15) is 0 Å². The highest BCUT2D eigenvalue weighted by Gasteiger charge is 2.14. The number of nitrogens with zero attached hydrogens (tertiary/aromatic N) is 3. The topological polar surface area (TPSA) is 54.2 Å². The molecular weight excluding hydrogens is 248 g/mol. The number of hydrogen-bond acceptors (Lipinski definition) is 6. The Morgan fingerprint density at radius 1 is 1.50 bits per heavy atom. The minimum Gasteiger partial charge on any atom is -0.406 e. The predicted molar refractivity (Wildman–Crippen MR) is 73.1 cm³/mol. The van der Waals surface area contributed by atoms with Gasteiger partial charge in [-0.3, -0.25) is 0 Å². The predicted octanol–water partition coefficient (Wildman–Crippen LogP) is 2.09. The molecular formula is C12H18N4OS. The lowest BCUT2D eigenvalue weighted by atomic mass is 10.3. The minimum atomic E-state index is 0.0805. The van der Waals surface area contributed by atoms with Gasteiger partial charge in [-0.25, -0.2) is 0 Å². The van der Waals surface area contributed by atoms with Crippen LogP contribution in [0, 0.1) is 0 Å². The smallest absolute Gasteiger partial charge is 0.317 e. The number of aromatic nitrogens is 2. The molecule has 2 rings (SSSR count). The van der Waals surface area contributed by atoms with Crippen LogP contribution in [0.5, 0.6) is 0 Å². The Kier molecular flexibility index (Phi) is 4.33. The van der Waals surface area contributed by atoms with E-state index < -0.39 is 0 Å². The Morgan fingerprint density at radius 2 is 2.33 bits per heavy atom. The van der Waals surface area contributed by atoms with Crippen LogP contribution in [-0.2, 0) is 6.42 Å². The number of rotatable bonds is 6. The second kappa shape index (κ2) is 5.97. The molecule has 0 fully saturated rings. The summed E-state index contributed by atoms with van der Waals surface area (Å²) < 4.78 is 5.61. The molecule has 0 saturated heterocycles. The van der Waals surface area contributed by atoms with Crippen LogP contribution in [0.1, 0.15) is 23.7 Å². The quantitative estimate of drug-likeness (QED) is 0.867. The first-order chi connectivity index (χ1) is 8.70. The van der Waals surface area contributed by atoms with Crippen molar-refractivity contribution in [2.75, 3.05) is 25.5 Å². The Labute approximate surface area is 111 Å². The lowest BCUT2D eigenvalue weighted by Crippen LogP contribution is -2.20. The zero-order valence-electron chi connectivity index (χ0n) is 10.9. The molecule has 0 aromatic carbocycles. The summed E-state index contributed by atoms with van der Waals surface area (Å²) in [5.74, 6) is 0.621. The molecule has 0 amide bonds. The molecule has 5 nitrogen and oxygen atoms in total. The van der Waals surface area contributed by atoms with Crippen molar-refractivity contribution in [3.05, 3.63) is 28.3 Å². The largest absolute Gasteiger partial charge is 0.406 e. The number of nitrogens with one attached hydrogen (secondary N) is 1. The minimum absolute atomic E-state index is 0.0805. The molecule has 0 radical (unpaired) electrons. The van der Waals surface area contributed by atoms with Crippen molar-refractivity contribution in [1.82, 2.24) is 15.5 Å². The van der Waals surface area contributed by atoms with Gasteiger partial charge in [0, 0.05) is 18.5 Å². The maximum atomic E-state index is 5.61. The normalized spacial score (nSPS) is 12.6. The molecule has 98 valence electrons. The highest BCUT2D eigenvalue weighted by Crippen LogP contribution is 2.17. The second-order valence-corrected chi connectivity index (χ2v) is 5.22. The van der Waals surface area contributed by atoms with E-state index in [0.717, 1.165) is 13.0 Å². The van der Waals surface area contributed by atoms with Gasteiger partial charge in [-0.05, 0) is 31.8 Å². The summed E-state index contributed by atoms with van der Waals surface area (Å²) in [6, 6.07) is 4.86. The van der Waals surface area contributed by atoms with E-state index in [1.165, 1.54) is 4.88 Å². The Hall–Kier alpha value is -1.40. The molecule has 0 aliphatic heterocycles. The van der Waals surface area contributed by atoms with Crippen molar-refractivity contribution >= 4 is 17.4 Å². The maximum Gasteiger partial charge on any atom is 0.317 e. The number of anilines is 1. The van der Waals surface area contributed by atoms with Crippen LogP contribution < -0.4 is 10.2 Å². The molecule has 0 saturated carbocycles. The Morgan fingerprint density at radius 3 is 3.00 bits per heavy atom. The third kappa shape index (κ3) is 3.08. The van der Waals surface area contributed by atoms with Crippen LogP contribution in [0.3, 0.4) is 0 Å². The first-order valence-corrected chi connectivity index (χ1v) is 6.83. The van der Waals surface area contributed by atoms with Gasteiger partial charge < -0.3 is 14.6 Å². The lowest BCUT2D eigenvalue weighted by Gasteiger charge is -2.12. The van der Waals surface area contributed by atoms with Gasteiger partial charge >= 0.3 is 6.01 Å². The van der Waals surface area contributed by atoms with E-state index in [1.807, 2.05) is 25.9 Å². The maximum absolute atomic E-state index is 5.61. The Bertz CT molecular complexity index is 468. The number of likely N-dealkylation sites (N-methyl/N-ethyl adjacent to an activating group) is 1. The van der Waals surface area contributed by atoms with E-state index in [-0.39, 0.29) is 6.04 Å². The molecule has 18 heavy (non-hydrogen) atoms. The molecule has 0 spiro atoms. The van der Waals surface area contributed by atoms with Crippen LogP contribution >= 0.6 is 11.3 Å². The second-order valence-electron chi connectivity index (χ2n) is 4.18. The standard InChI is InChI=1S/C12H18N4OS/c1-9(13-2)11-14-15-12(17-11)16(3)7-6-10-5-4-8-18-10/h4-5,8-9,13H,6-7H2,1-3H3. The zero-order valence-corrected chi connectivity index (χ0v) is 11.7. The molecule has 0 bridgehead atoms. The van der Waals surface area contributed by atoms with Crippen molar-refractivity contribution in [1.29, 1.82) is 0 Å². The summed E-state index contributed by atoms with van der Waals surface area (Å²) in [6.45, 7) is 2.86. The monoisotopic (exact) mass is 266 g/mol. The SMILES string of the molecule is CNC(C)c1nnc(N(C)CCc2cccs2)o1. The molecule has 1 atom stereocenters. The molecule has 0 aliphatic carbocycles. The number of hydrogen-bond donors (Lipinski definition) is 1. The van der Waals surface area contributed by atoms with E-state index in [1.54, 1.807) is 11.3 Å². The van der Waals surface area contributed by atoms with E-state index in [2.05, 4.69) is 33.0 Å². The van der Waals surface area contributed by atoms with Gasteiger partial charge in [-0.1, -0.05) is 11.2 Å². The lowest BCUT2D eigenvalue weighted by molar-refractivity contribution is 0.433. The van der Waals surface area contributed by atoms with Crippen molar-refractivity contribution in [2.24, 2.45) is 0 Å². The highest BCUT2D eigenvalue weighted by atomic mass is 32.1. The van der Waals surface area contributed by atoms with Crippen LogP contribution in [-0.4, -0.2) is 30.8 Å². The van der Waals surface area contributed by atoms with E-state index in [9.17, 15) is 0 Å². The summed E-state index contributed by atoms with van der Waals surface area (Å²) in [5.41, 5.74) is 0. The third-order valence-corrected chi connectivity index (χ3v) is 3.77. The van der Waals surface area contributed by atoms with Crippen molar-refractivity contribution in [2.45, 2.75) is 19.4 Å². The molecule has 1 unspecified atom stereocenters. The fourth-order valence-corrected chi connectivity index (χ4v) is 2.21. The van der Waals surface area contributed by atoms with Gasteiger partial charge in [0.2, 0.25) is 5.89 Å². The first-order valence-electron chi connectivity index (χ1n) is 5.95. The fourth-order valence-electron chi connectivity index (χ4n) is 1.51. The molecule has 2 heterocycles. The van der Waals surface area contributed by atoms with Crippen LogP contribution in [0.4, 0.5) is 6.01 Å². The Balaban J connectivity index is 1.92. The van der Waals surface area contributed by atoms with Gasteiger partial charge in [-0.2, -0.15) is 0 Å². The van der Waals surface area contributed by atoms with E-state index in [0.29, 0.717) is 11.9 Å². The summed E-state index contributed by atoms with van der Waals surface area (Å²) in [6.07, 6.45) is 0.994. The van der Waals surface area contributed by atoms with Crippen molar-refractivity contribution in [3.8, 4) is 0 Å². The summed E-state index contributed by atoms with van der Waals surface area (Å²) in [7, 11) is 3.84. The summed E-state index contributed by atoms with van der Waals surface area (Å²) in [4.78, 5) is 3.35. The van der Waals surface area contributed by atoms with E-state index >= 15 is 0 Å². The summed E-state index contributed by atoms with van der Waals surface area (Å²) in [5, 5.41) is 13.3. The average molecular weight is 266 g/mol.